The molecular formula is C16H20N4. The summed E-state index contributed by atoms with van der Waals surface area (Å²) in [6, 6.07) is 8.73. The van der Waals surface area contributed by atoms with Gasteiger partial charge < -0.3 is 10.2 Å². The molecule has 1 aliphatic heterocycles. The van der Waals surface area contributed by atoms with Crippen LogP contribution in [0.25, 0.3) is 0 Å². The number of fused-ring (bicyclic) bond motifs is 1. The van der Waals surface area contributed by atoms with E-state index in [1.54, 1.807) is 12.5 Å². The van der Waals surface area contributed by atoms with Crippen LogP contribution in [0.3, 0.4) is 0 Å². The Labute approximate surface area is 119 Å². The van der Waals surface area contributed by atoms with E-state index in [0.717, 1.165) is 25.3 Å². The standard InChI is InChI=1S/C16H20N4/c1-20-8-2-3-14-9-13(4-5-16(14)20)10-18-11-15-6-7-17-12-19-15/h4-7,9,12,18H,2-3,8,10-11H2,1H3. The normalized spacial score (nSPS) is 14.2. The maximum Gasteiger partial charge on any atom is 0.115 e. The summed E-state index contributed by atoms with van der Waals surface area (Å²) in [7, 11) is 2.17. The molecule has 0 unspecified atom stereocenters. The van der Waals surface area contributed by atoms with Crippen molar-refractivity contribution >= 4 is 5.69 Å². The molecule has 0 saturated carbocycles. The average molecular weight is 268 g/mol. The fourth-order valence-electron chi connectivity index (χ4n) is 2.71. The molecule has 0 fully saturated rings. The molecule has 0 atom stereocenters. The van der Waals surface area contributed by atoms with Gasteiger partial charge in [0.25, 0.3) is 0 Å². The molecule has 1 N–H and O–H groups in total. The summed E-state index contributed by atoms with van der Waals surface area (Å²) in [5.41, 5.74) is 5.22. The lowest BCUT2D eigenvalue weighted by molar-refractivity contribution is 0.674. The number of hydrogen-bond acceptors (Lipinski definition) is 4. The number of nitrogens with zero attached hydrogens (tertiary/aromatic N) is 3. The summed E-state index contributed by atoms with van der Waals surface area (Å²) in [6.45, 7) is 2.82. The molecule has 104 valence electrons. The van der Waals surface area contributed by atoms with Crippen molar-refractivity contribution < 1.29 is 0 Å². The summed E-state index contributed by atoms with van der Waals surface area (Å²) in [4.78, 5) is 10.5. The Balaban J connectivity index is 1.61. The minimum Gasteiger partial charge on any atom is -0.374 e. The zero-order valence-electron chi connectivity index (χ0n) is 11.8. The number of aromatic nitrogens is 2. The molecule has 0 aliphatic carbocycles. The van der Waals surface area contributed by atoms with Crippen molar-refractivity contribution in [3.8, 4) is 0 Å². The Morgan fingerprint density at radius 2 is 2.20 bits per heavy atom. The third kappa shape index (κ3) is 2.96. The third-order valence-corrected chi connectivity index (χ3v) is 3.77. The fraction of sp³-hybridized carbons (Fsp3) is 0.375. The first-order chi connectivity index (χ1) is 9.83. The molecule has 3 rings (SSSR count). The van der Waals surface area contributed by atoms with Crippen LogP contribution in [0, 0.1) is 0 Å². The monoisotopic (exact) mass is 268 g/mol. The van der Waals surface area contributed by atoms with Crippen molar-refractivity contribution in [3.63, 3.8) is 0 Å². The van der Waals surface area contributed by atoms with Gasteiger partial charge in [-0.25, -0.2) is 9.97 Å². The van der Waals surface area contributed by atoms with Gasteiger partial charge in [0.15, 0.2) is 0 Å². The van der Waals surface area contributed by atoms with Crippen LogP contribution in [0.2, 0.25) is 0 Å². The Hall–Kier alpha value is -1.94. The van der Waals surface area contributed by atoms with E-state index in [-0.39, 0.29) is 0 Å². The Morgan fingerprint density at radius 1 is 1.25 bits per heavy atom. The zero-order chi connectivity index (χ0) is 13.8. The van der Waals surface area contributed by atoms with E-state index in [1.807, 2.05) is 6.07 Å². The van der Waals surface area contributed by atoms with Gasteiger partial charge in [-0.2, -0.15) is 0 Å². The highest BCUT2D eigenvalue weighted by atomic mass is 15.1. The third-order valence-electron chi connectivity index (χ3n) is 3.77. The highest BCUT2D eigenvalue weighted by Crippen LogP contribution is 2.26. The first kappa shape index (κ1) is 13.1. The largest absolute Gasteiger partial charge is 0.374 e. The molecule has 1 aromatic heterocycles. The zero-order valence-corrected chi connectivity index (χ0v) is 11.8. The van der Waals surface area contributed by atoms with Gasteiger partial charge in [0.05, 0.1) is 5.69 Å². The van der Waals surface area contributed by atoms with Gasteiger partial charge in [0.2, 0.25) is 0 Å². The second-order valence-electron chi connectivity index (χ2n) is 5.29. The first-order valence-corrected chi connectivity index (χ1v) is 7.11. The van der Waals surface area contributed by atoms with Crippen LogP contribution in [-0.2, 0) is 19.5 Å². The molecule has 4 heteroatoms. The van der Waals surface area contributed by atoms with Crippen molar-refractivity contribution in [2.75, 3.05) is 18.5 Å². The first-order valence-electron chi connectivity index (χ1n) is 7.11. The Bertz CT molecular complexity index is 568. The van der Waals surface area contributed by atoms with E-state index < -0.39 is 0 Å². The maximum atomic E-state index is 4.21. The highest BCUT2D eigenvalue weighted by molar-refractivity contribution is 5.56. The van der Waals surface area contributed by atoms with Crippen LogP contribution in [-0.4, -0.2) is 23.6 Å². The molecule has 0 amide bonds. The van der Waals surface area contributed by atoms with Crippen molar-refractivity contribution in [2.24, 2.45) is 0 Å². The van der Waals surface area contributed by atoms with Crippen LogP contribution < -0.4 is 10.2 Å². The van der Waals surface area contributed by atoms with E-state index in [2.05, 4.69) is 45.4 Å². The van der Waals surface area contributed by atoms with Crippen molar-refractivity contribution in [2.45, 2.75) is 25.9 Å². The van der Waals surface area contributed by atoms with E-state index in [0.29, 0.717) is 0 Å². The summed E-state index contributed by atoms with van der Waals surface area (Å²) >= 11 is 0. The van der Waals surface area contributed by atoms with E-state index >= 15 is 0 Å². The average Bonchev–Trinajstić information content (AvgIpc) is 2.48. The molecule has 1 aromatic carbocycles. The molecule has 0 bridgehead atoms. The number of hydrogen-bond donors (Lipinski definition) is 1. The fourth-order valence-corrected chi connectivity index (χ4v) is 2.71. The number of rotatable bonds is 4. The van der Waals surface area contributed by atoms with E-state index in [9.17, 15) is 0 Å². The molecule has 4 nitrogen and oxygen atoms in total. The molecule has 1 aliphatic rings. The summed E-state index contributed by atoms with van der Waals surface area (Å²) in [5, 5.41) is 3.43. The van der Waals surface area contributed by atoms with Crippen molar-refractivity contribution in [1.82, 2.24) is 15.3 Å². The number of nitrogens with one attached hydrogen (secondary N) is 1. The summed E-state index contributed by atoms with van der Waals surface area (Å²) in [6.07, 6.45) is 5.81. The lowest BCUT2D eigenvalue weighted by Crippen LogP contribution is -2.24. The lowest BCUT2D eigenvalue weighted by Gasteiger charge is -2.27. The second-order valence-corrected chi connectivity index (χ2v) is 5.29. The number of aryl methyl sites for hydroxylation is 1. The maximum absolute atomic E-state index is 4.21. The predicted molar refractivity (Wildman–Crippen MR) is 80.6 cm³/mol. The number of anilines is 1. The highest BCUT2D eigenvalue weighted by Gasteiger charge is 2.13. The van der Waals surface area contributed by atoms with Gasteiger partial charge >= 0.3 is 0 Å². The van der Waals surface area contributed by atoms with Gasteiger partial charge in [0.1, 0.15) is 6.33 Å². The SMILES string of the molecule is CN1CCCc2cc(CNCc3ccncn3)ccc21. The molecule has 0 radical (unpaired) electrons. The Morgan fingerprint density at radius 3 is 3.05 bits per heavy atom. The van der Waals surface area contributed by atoms with Crippen LogP contribution in [0.15, 0.2) is 36.8 Å². The van der Waals surface area contributed by atoms with Gasteiger partial charge in [-0.15, -0.1) is 0 Å². The van der Waals surface area contributed by atoms with Crippen molar-refractivity contribution in [3.05, 3.63) is 53.6 Å². The smallest absolute Gasteiger partial charge is 0.115 e. The van der Waals surface area contributed by atoms with Gasteiger partial charge in [-0.3, -0.25) is 0 Å². The quantitative estimate of drug-likeness (QED) is 0.922. The molecule has 2 heterocycles. The van der Waals surface area contributed by atoms with E-state index in [4.69, 9.17) is 0 Å². The molecule has 2 aromatic rings. The molecular weight excluding hydrogens is 248 g/mol. The van der Waals surface area contributed by atoms with Gasteiger partial charge in [0, 0.05) is 38.6 Å². The van der Waals surface area contributed by atoms with Crippen LogP contribution in [0.5, 0.6) is 0 Å². The van der Waals surface area contributed by atoms with Gasteiger partial charge in [-0.1, -0.05) is 12.1 Å². The van der Waals surface area contributed by atoms with Crippen LogP contribution >= 0.6 is 0 Å². The Kier molecular flexibility index (Phi) is 3.92. The molecule has 20 heavy (non-hydrogen) atoms. The number of benzene rings is 1. The minimum absolute atomic E-state index is 0.777. The summed E-state index contributed by atoms with van der Waals surface area (Å²) < 4.78 is 0. The lowest BCUT2D eigenvalue weighted by atomic mass is 9.99. The van der Waals surface area contributed by atoms with Crippen LogP contribution in [0.1, 0.15) is 23.2 Å². The van der Waals surface area contributed by atoms with Gasteiger partial charge in [-0.05, 0) is 36.1 Å². The molecule has 0 spiro atoms. The minimum atomic E-state index is 0.777. The molecule has 0 saturated heterocycles. The van der Waals surface area contributed by atoms with Crippen LogP contribution in [0.4, 0.5) is 5.69 Å². The predicted octanol–water partition coefficient (Wildman–Crippen LogP) is 2.15. The summed E-state index contributed by atoms with van der Waals surface area (Å²) in [5.74, 6) is 0. The van der Waals surface area contributed by atoms with E-state index in [1.165, 1.54) is 29.7 Å². The second kappa shape index (κ2) is 6.01. The topological polar surface area (TPSA) is 41.0 Å². The van der Waals surface area contributed by atoms with Crippen molar-refractivity contribution in [1.29, 1.82) is 0 Å².